The molecule has 1 aromatic carbocycles. The number of amides is 3. The topological polar surface area (TPSA) is 69.9 Å². The number of carbonyl (C=O) groups excluding carboxylic acids is 2. The van der Waals surface area contributed by atoms with Crippen molar-refractivity contribution >= 4 is 17.6 Å². The molecule has 28 heavy (non-hydrogen) atoms. The largest absolute Gasteiger partial charge is 0.368 e. The molecule has 6 heteroatoms. The van der Waals surface area contributed by atoms with E-state index in [9.17, 15) is 9.59 Å². The summed E-state index contributed by atoms with van der Waals surface area (Å²) in [5, 5.41) is 0. The van der Waals surface area contributed by atoms with Crippen LogP contribution in [-0.4, -0.2) is 60.0 Å². The van der Waals surface area contributed by atoms with Crippen molar-refractivity contribution in [3.63, 3.8) is 0 Å². The molecule has 4 aliphatic rings. The van der Waals surface area contributed by atoms with Gasteiger partial charge >= 0.3 is 6.03 Å². The molecular formula is C22H29N4O2. The molecule has 3 amide bonds. The number of benzene rings is 1. The first-order valence-corrected chi connectivity index (χ1v) is 10.6. The fourth-order valence-corrected chi connectivity index (χ4v) is 5.36. The number of carbonyl (C=O) groups is 2. The first-order chi connectivity index (χ1) is 13.6. The van der Waals surface area contributed by atoms with Crippen LogP contribution in [0.3, 0.4) is 0 Å². The SMILES string of the molecule is NC(=O)C1[C@H]2[CH]CCCN2C(=O)N1c1ccc(C2(CN3CCCC3)CC2)cc1. The second-order valence-corrected chi connectivity index (χ2v) is 8.87. The van der Waals surface area contributed by atoms with E-state index in [4.69, 9.17) is 5.73 Å². The van der Waals surface area contributed by atoms with Gasteiger partial charge in [-0.2, -0.15) is 0 Å². The average Bonchev–Trinajstić information content (AvgIpc) is 3.17. The summed E-state index contributed by atoms with van der Waals surface area (Å²) in [4.78, 5) is 31.2. The number of urea groups is 1. The lowest BCUT2D eigenvalue weighted by Crippen LogP contribution is -2.48. The van der Waals surface area contributed by atoms with Crippen molar-refractivity contribution in [3.05, 3.63) is 36.2 Å². The zero-order chi connectivity index (χ0) is 19.3. The third kappa shape index (κ3) is 2.89. The highest BCUT2D eigenvalue weighted by Crippen LogP contribution is 2.49. The van der Waals surface area contributed by atoms with Crippen molar-refractivity contribution in [1.82, 2.24) is 9.80 Å². The summed E-state index contributed by atoms with van der Waals surface area (Å²) < 4.78 is 0. The number of nitrogens with zero attached hydrogens (tertiary/aromatic N) is 3. The molecule has 3 aliphatic heterocycles. The Kier molecular flexibility index (Phi) is 4.34. The molecule has 1 aromatic rings. The highest BCUT2D eigenvalue weighted by molar-refractivity contribution is 6.03. The summed E-state index contributed by atoms with van der Waals surface area (Å²) in [7, 11) is 0. The molecule has 4 fully saturated rings. The summed E-state index contributed by atoms with van der Waals surface area (Å²) in [6.07, 6.45) is 9.04. The van der Waals surface area contributed by atoms with Crippen molar-refractivity contribution < 1.29 is 9.59 Å². The molecular weight excluding hydrogens is 352 g/mol. The second kappa shape index (κ2) is 6.76. The average molecular weight is 382 g/mol. The Labute approximate surface area is 166 Å². The van der Waals surface area contributed by atoms with E-state index in [-0.39, 0.29) is 17.5 Å². The number of piperidine rings is 1. The normalized spacial score (nSPS) is 29.2. The molecule has 3 saturated heterocycles. The van der Waals surface area contributed by atoms with Crippen LogP contribution in [0.2, 0.25) is 0 Å². The zero-order valence-electron chi connectivity index (χ0n) is 16.3. The first kappa shape index (κ1) is 18.0. The van der Waals surface area contributed by atoms with E-state index < -0.39 is 11.9 Å². The molecule has 2 atom stereocenters. The van der Waals surface area contributed by atoms with Crippen LogP contribution in [0.4, 0.5) is 10.5 Å². The van der Waals surface area contributed by atoms with E-state index in [0.29, 0.717) is 6.54 Å². The molecule has 2 N–H and O–H groups in total. The third-order valence-corrected chi connectivity index (χ3v) is 7.05. The fourth-order valence-electron chi connectivity index (χ4n) is 5.36. The first-order valence-electron chi connectivity index (χ1n) is 10.6. The number of hydrogen-bond acceptors (Lipinski definition) is 3. The molecule has 1 saturated carbocycles. The van der Waals surface area contributed by atoms with Gasteiger partial charge in [0.2, 0.25) is 5.91 Å². The molecule has 0 spiro atoms. The summed E-state index contributed by atoms with van der Waals surface area (Å²) >= 11 is 0. The maximum absolute atomic E-state index is 13.0. The number of rotatable bonds is 5. The van der Waals surface area contributed by atoms with Gasteiger partial charge in [0, 0.05) is 24.2 Å². The lowest BCUT2D eigenvalue weighted by molar-refractivity contribution is -0.119. The number of fused-ring (bicyclic) bond motifs is 1. The van der Waals surface area contributed by atoms with Crippen LogP contribution < -0.4 is 10.6 Å². The van der Waals surface area contributed by atoms with Gasteiger partial charge < -0.3 is 15.5 Å². The van der Waals surface area contributed by atoms with Gasteiger partial charge in [-0.25, -0.2) is 4.79 Å². The minimum atomic E-state index is -0.613. The lowest BCUT2D eigenvalue weighted by Gasteiger charge is -2.29. The Bertz CT molecular complexity index is 767. The number of hydrogen-bond donors (Lipinski definition) is 1. The Balaban J connectivity index is 1.39. The van der Waals surface area contributed by atoms with Crippen LogP contribution in [-0.2, 0) is 10.2 Å². The molecule has 1 radical (unpaired) electrons. The third-order valence-electron chi connectivity index (χ3n) is 7.05. The molecule has 5 rings (SSSR count). The van der Waals surface area contributed by atoms with E-state index in [0.717, 1.165) is 25.1 Å². The van der Waals surface area contributed by atoms with Crippen molar-refractivity contribution in [2.45, 2.75) is 56.0 Å². The molecule has 3 heterocycles. The number of nitrogens with two attached hydrogens (primary N) is 1. The van der Waals surface area contributed by atoms with E-state index in [1.807, 2.05) is 12.1 Å². The monoisotopic (exact) mass is 381 g/mol. The van der Waals surface area contributed by atoms with Crippen LogP contribution in [0.25, 0.3) is 0 Å². The molecule has 149 valence electrons. The minimum Gasteiger partial charge on any atom is -0.368 e. The summed E-state index contributed by atoms with van der Waals surface area (Å²) in [6.45, 7) is 4.27. The maximum atomic E-state index is 13.0. The number of anilines is 1. The molecule has 1 aliphatic carbocycles. The standard InChI is InChI=1S/C22H29N4O2/c23-20(27)19-18-5-1-2-14-25(18)21(28)26(19)17-8-6-16(7-9-17)22(10-11-22)15-24-12-3-4-13-24/h5-9,18-19H,1-4,10-15H2,(H2,23,27)/t18-,19?/m1/s1. The van der Waals surface area contributed by atoms with Gasteiger partial charge in [0.05, 0.1) is 6.04 Å². The number of likely N-dealkylation sites (tertiary alicyclic amines) is 1. The quantitative estimate of drug-likeness (QED) is 0.851. The lowest BCUT2D eigenvalue weighted by atomic mass is 9.94. The van der Waals surface area contributed by atoms with Gasteiger partial charge in [-0.15, -0.1) is 0 Å². The summed E-state index contributed by atoms with van der Waals surface area (Å²) in [5.41, 5.74) is 8.13. The zero-order valence-corrected chi connectivity index (χ0v) is 16.3. The van der Waals surface area contributed by atoms with Crippen LogP contribution in [0.5, 0.6) is 0 Å². The molecule has 0 bridgehead atoms. The van der Waals surface area contributed by atoms with Gasteiger partial charge in [0.15, 0.2) is 0 Å². The van der Waals surface area contributed by atoms with Gasteiger partial charge in [0.25, 0.3) is 0 Å². The van der Waals surface area contributed by atoms with E-state index in [1.165, 1.54) is 44.3 Å². The highest BCUT2D eigenvalue weighted by atomic mass is 16.2. The second-order valence-electron chi connectivity index (χ2n) is 8.87. The van der Waals surface area contributed by atoms with Gasteiger partial charge in [-0.1, -0.05) is 12.1 Å². The van der Waals surface area contributed by atoms with Crippen LogP contribution in [0.15, 0.2) is 24.3 Å². The Morgan fingerprint density at radius 3 is 2.43 bits per heavy atom. The predicted molar refractivity (Wildman–Crippen MR) is 108 cm³/mol. The van der Waals surface area contributed by atoms with E-state index in [2.05, 4.69) is 23.5 Å². The highest BCUT2D eigenvalue weighted by Gasteiger charge is 2.50. The van der Waals surface area contributed by atoms with Crippen molar-refractivity contribution in [2.24, 2.45) is 5.73 Å². The van der Waals surface area contributed by atoms with Gasteiger partial charge in [0.1, 0.15) is 6.04 Å². The molecule has 6 nitrogen and oxygen atoms in total. The minimum absolute atomic E-state index is 0.101. The van der Waals surface area contributed by atoms with Gasteiger partial charge in [-0.3, -0.25) is 9.69 Å². The van der Waals surface area contributed by atoms with E-state index >= 15 is 0 Å². The fraction of sp³-hybridized carbons (Fsp3) is 0.591. The van der Waals surface area contributed by atoms with Crippen LogP contribution >= 0.6 is 0 Å². The van der Waals surface area contributed by atoms with E-state index in [1.54, 1.807) is 9.80 Å². The Morgan fingerprint density at radius 1 is 1.07 bits per heavy atom. The van der Waals surface area contributed by atoms with Crippen molar-refractivity contribution in [3.8, 4) is 0 Å². The van der Waals surface area contributed by atoms with Gasteiger partial charge in [-0.05, 0) is 75.7 Å². The van der Waals surface area contributed by atoms with Crippen LogP contribution in [0.1, 0.15) is 44.1 Å². The number of primary amides is 1. The Hall–Kier alpha value is -2.08. The summed E-state index contributed by atoms with van der Waals surface area (Å²) in [6, 6.07) is 7.41. The predicted octanol–water partition coefficient (Wildman–Crippen LogP) is 2.28. The van der Waals surface area contributed by atoms with Crippen molar-refractivity contribution in [2.75, 3.05) is 31.1 Å². The smallest absolute Gasteiger partial charge is 0.325 e. The van der Waals surface area contributed by atoms with Crippen LogP contribution in [0, 0.1) is 6.42 Å². The maximum Gasteiger partial charge on any atom is 0.325 e. The molecule has 0 aromatic heterocycles. The summed E-state index contributed by atoms with van der Waals surface area (Å²) in [5.74, 6) is -0.434. The Morgan fingerprint density at radius 2 is 1.79 bits per heavy atom. The molecule has 1 unspecified atom stereocenters. The van der Waals surface area contributed by atoms with Crippen molar-refractivity contribution in [1.29, 1.82) is 0 Å².